The molecule has 0 aliphatic carbocycles. The van der Waals surface area contributed by atoms with Gasteiger partial charge in [-0.15, -0.1) is 0 Å². The van der Waals surface area contributed by atoms with Crippen LogP contribution in [0, 0.1) is 0 Å². The average Bonchev–Trinajstić information content (AvgIpc) is 2.07. The van der Waals surface area contributed by atoms with Gasteiger partial charge in [0.1, 0.15) is 0 Å². The molecule has 0 spiro atoms. The number of rotatable bonds is 8. The first-order valence-corrected chi connectivity index (χ1v) is 4.41. The minimum atomic E-state index is -4.77. The SMILES string of the molecule is COCCN(CCOC)C[B-](F)(F)F. The van der Waals surface area contributed by atoms with Crippen molar-refractivity contribution in [3.63, 3.8) is 0 Å². The molecule has 0 N–H and O–H groups in total. The third-order valence-electron chi connectivity index (χ3n) is 1.69. The number of hydrogen-bond donors (Lipinski definition) is 0. The molecule has 0 aromatic heterocycles. The van der Waals surface area contributed by atoms with Crippen LogP contribution in [0.25, 0.3) is 0 Å². The van der Waals surface area contributed by atoms with E-state index in [0.717, 1.165) is 0 Å². The number of methoxy groups -OCH3 is 2. The Labute approximate surface area is 82.2 Å². The van der Waals surface area contributed by atoms with E-state index >= 15 is 0 Å². The highest BCUT2D eigenvalue weighted by molar-refractivity contribution is 6.58. The molecule has 0 fully saturated rings. The first-order chi connectivity index (χ1) is 6.49. The van der Waals surface area contributed by atoms with Crippen molar-refractivity contribution in [3.8, 4) is 0 Å². The Balaban J connectivity index is 3.84. The van der Waals surface area contributed by atoms with Gasteiger partial charge in [-0.1, -0.05) is 0 Å². The molecule has 0 heterocycles. The average molecular weight is 214 g/mol. The van der Waals surface area contributed by atoms with Crippen LogP contribution in [0.3, 0.4) is 0 Å². The molecular weight excluding hydrogens is 198 g/mol. The van der Waals surface area contributed by atoms with E-state index < -0.39 is 13.4 Å². The minimum Gasteiger partial charge on any atom is -0.448 e. The van der Waals surface area contributed by atoms with Crippen LogP contribution in [0.2, 0.25) is 0 Å². The van der Waals surface area contributed by atoms with Gasteiger partial charge in [-0.25, -0.2) is 0 Å². The highest BCUT2D eigenvalue weighted by Gasteiger charge is 2.25. The molecular formula is C7H16BF3NO2-. The van der Waals surface area contributed by atoms with Crippen molar-refractivity contribution in [2.45, 2.75) is 0 Å². The molecule has 0 radical (unpaired) electrons. The van der Waals surface area contributed by atoms with Gasteiger partial charge in [-0.2, -0.15) is 0 Å². The molecule has 86 valence electrons. The lowest BCUT2D eigenvalue weighted by Gasteiger charge is -2.27. The predicted octanol–water partition coefficient (Wildman–Crippen LogP) is 0.968. The van der Waals surface area contributed by atoms with Crippen LogP contribution >= 0.6 is 0 Å². The Morgan fingerprint density at radius 3 is 1.71 bits per heavy atom. The highest BCUT2D eigenvalue weighted by atomic mass is 19.4. The standard InChI is InChI=1S/C7H16BF3NO2/c1-13-5-3-12(4-6-14-2)7-8(9,10)11/h3-7H2,1-2H3/q-1. The predicted molar refractivity (Wildman–Crippen MR) is 49.3 cm³/mol. The van der Waals surface area contributed by atoms with Gasteiger partial charge in [0, 0.05) is 27.3 Å². The van der Waals surface area contributed by atoms with E-state index in [0.29, 0.717) is 13.2 Å². The highest BCUT2D eigenvalue weighted by Crippen LogP contribution is 2.10. The summed E-state index contributed by atoms with van der Waals surface area (Å²) in [6.07, 6.45) is -0.854. The Hall–Kier alpha value is -0.265. The molecule has 0 bridgehead atoms. The monoisotopic (exact) mass is 214 g/mol. The second-order valence-electron chi connectivity index (χ2n) is 3.00. The van der Waals surface area contributed by atoms with Crippen molar-refractivity contribution in [2.24, 2.45) is 0 Å². The van der Waals surface area contributed by atoms with Crippen LogP contribution < -0.4 is 0 Å². The zero-order valence-corrected chi connectivity index (χ0v) is 8.51. The van der Waals surface area contributed by atoms with Crippen molar-refractivity contribution >= 4 is 6.98 Å². The summed E-state index contributed by atoms with van der Waals surface area (Å²) < 4.78 is 45.7. The largest absolute Gasteiger partial charge is 0.492 e. The lowest BCUT2D eigenvalue weighted by atomic mass is 9.91. The number of nitrogens with zero attached hydrogens (tertiary/aromatic N) is 1. The van der Waals surface area contributed by atoms with E-state index in [1.54, 1.807) is 0 Å². The van der Waals surface area contributed by atoms with Crippen LogP contribution in [0.1, 0.15) is 0 Å². The van der Waals surface area contributed by atoms with Gasteiger partial charge in [0.15, 0.2) is 0 Å². The molecule has 0 rings (SSSR count). The minimum absolute atomic E-state index is 0.279. The zero-order valence-electron chi connectivity index (χ0n) is 8.51. The lowest BCUT2D eigenvalue weighted by Crippen LogP contribution is -2.41. The number of hydrogen-bond acceptors (Lipinski definition) is 3. The summed E-state index contributed by atoms with van der Waals surface area (Å²) >= 11 is 0. The second kappa shape index (κ2) is 7.08. The van der Waals surface area contributed by atoms with Gasteiger partial charge < -0.3 is 27.3 Å². The van der Waals surface area contributed by atoms with Crippen molar-refractivity contribution in [3.05, 3.63) is 0 Å². The van der Waals surface area contributed by atoms with E-state index in [-0.39, 0.29) is 13.1 Å². The van der Waals surface area contributed by atoms with Gasteiger partial charge in [0.25, 0.3) is 0 Å². The summed E-state index contributed by atoms with van der Waals surface area (Å²) in [5, 5.41) is 0. The van der Waals surface area contributed by atoms with Crippen LogP contribution in [0.5, 0.6) is 0 Å². The molecule has 0 unspecified atom stereocenters. The Morgan fingerprint density at radius 1 is 1.00 bits per heavy atom. The molecule has 0 aromatic rings. The number of halogens is 3. The van der Waals surface area contributed by atoms with Crippen molar-refractivity contribution in [1.82, 2.24) is 4.90 Å². The molecule has 14 heavy (non-hydrogen) atoms. The maximum atomic E-state index is 12.1. The molecule has 7 heteroatoms. The molecule has 0 saturated carbocycles. The maximum absolute atomic E-state index is 12.1. The van der Waals surface area contributed by atoms with E-state index in [1.165, 1.54) is 19.1 Å². The fourth-order valence-corrected chi connectivity index (χ4v) is 1.03. The van der Waals surface area contributed by atoms with Crippen molar-refractivity contribution in [1.29, 1.82) is 0 Å². The summed E-state index contributed by atoms with van der Waals surface area (Å²) in [4.78, 5) is 1.28. The first kappa shape index (κ1) is 13.7. The summed E-state index contributed by atoms with van der Waals surface area (Å²) in [6, 6.07) is 0. The lowest BCUT2D eigenvalue weighted by molar-refractivity contribution is 0.119. The number of ether oxygens (including phenoxy) is 2. The fraction of sp³-hybridized carbons (Fsp3) is 1.00. The maximum Gasteiger partial charge on any atom is 0.492 e. The van der Waals surface area contributed by atoms with Gasteiger partial charge in [0.2, 0.25) is 0 Å². The third-order valence-corrected chi connectivity index (χ3v) is 1.69. The van der Waals surface area contributed by atoms with Crippen molar-refractivity contribution in [2.75, 3.05) is 47.0 Å². The summed E-state index contributed by atoms with van der Waals surface area (Å²) in [5.41, 5.74) is 0. The Morgan fingerprint density at radius 2 is 1.43 bits per heavy atom. The molecule has 3 nitrogen and oxygen atoms in total. The second-order valence-corrected chi connectivity index (χ2v) is 3.00. The van der Waals surface area contributed by atoms with E-state index in [9.17, 15) is 12.9 Å². The quantitative estimate of drug-likeness (QED) is 0.562. The van der Waals surface area contributed by atoms with Crippen LogP contribution in [0.4, 0.5) is 12.9 Å². The topological polar surface area (TPSA) is 21.7 Å². The summed E-state index contributed by atoms with van der Waals surface area (Å²) in [6.45, 7) is -3.61. The van der Waals surface area contributed by atoms with Crippen LogP contribution in [0.15, 0.2) is 0 Å². The zero-order chi connectivity index (χ0) is 11.0. The van der Waals surface area contributed by atoms with E-state index in [1.807, 2.05) is 0 Å². The van der Waals surface area contributed by atoms with Gasteiger partial charge >= 0.3 is 6.98 Å². The smallest absolute Gasteiger partial charge is 0.448 e. The molecule has 0 amide bonds. The molecule has 0 atom stereocenters. The van der Waals surface area contributed by atoms with Gasteiger partial charge in [-0.3, -0.25) is 0 Å². The summed E-state index contributed by atoms with van der Waals surface area (Å²) in [5.74, 6) is 0. The Kier molecular flexibility index (Phi) is 6.95. The third kappa shape index (κ3) is 8.34. The van der Waals surface area contributed by atoms with E-state index in [2.05, 4.69) is 0 Å². The Bertz CT molecular complexity index is 137. The van der Waals surface area contributed by atoms with Gasteiger partial charge in [0.05, 0.1) is 13.2 Å². The van der Waals surface area contributed by atoms with Crippen LogP contribution in [-0.4, -0.2) is 58.8 Å². The fourth-order valence-electron chi connectivity index (χ4n) is 1.03. The first-order valence-electron chi connectivity index (χ1n) is 4.41. The van der Waals surface area contributed by atoms with Crippen LogP contribution in [-0.2, 0) is 9.47 Å². The molecule has 0 aliphatic rings. The normalized spacial score (nSPS) is 12.4. The van der Waals surface area contributed by atoms with E-state index in [4.69, 9.17) is 9.47 Å². The molecule has 0 aliphatic heterocycles. The van der Waals surface area contributed by atoms with Crippen molar-refractivity contribution < 1.29 is 22.4 Å². The van der Waals surface area contributed by atoms with Gasteiger partial charge in [-0.05, 0) is 6.44 Å². The molecule has 0 aromatic carbocycles. The summed E-state index contributed by atoms with van der Waals surface area (Å²) in [7, 11) is 2.93. The molecule has 0 saturated heterocycles.